The lowest BCUT2D eigenvalue weighted by Gasteiger charge is -2.36. The van der Waals surface area contributed by atoms with Crippen LogP contribution in [0.5, 0.6) is 5.75 Å². The van der Waals surface area contributed by atoms with E-state index in [0.29, 0.717) is 23.9 Å². The van der Waals surface area contributed by atoms with Crippen LogP contribution in [0.3, 0.4) is 0 Å². The first-order valence-electron chi connectivity index (χ1n) is 10.8. The van der Waals surface area contributed by atoms with Gasteiger partial charge in [0.2, 0.25) is 0 Å². The largest absolute Gasteiger partial charge is 0.490 e. The number of piperidine rings is 1. The van der Waals surface area contributed by atoms with Gasteiger partial charge in [0.1, 0.15) is 18.7 Å². The maximum atomic E-state index is 13.2. The van der Waals surface area contributed by atoms with E-state index >= 15 is 0 Å². The van der Waals surface area contributed by atoms with E-state index in [1.807, 2.05) is 23.1 Å². The monoisotopic (exact) mass is 455 g/mol. The molecular formula is C23H26ClN5O3. The van der Waals surface area contributed by atoms with E-state index < -0.39 is 6.10 Å². The molecule has 1 amide bonds. The highest BCUT2D eigenvalue weighted by molar-refractivity contribution is 6.30. The Balaban J connectivity index is 1.41. The van der Waals surface area contributed by atoms with Crippen molar-refractivity contribution in [1.29, 1.82) is 0 Å². The Morgan fingerprint density at radius 1 is 1.12 bits per heavy atom. The van der Waals surface area contributed by atoms with E-state index in [0.717, 1.165) is 25.7 Å². The first kappa shape index (κ1) is 22.1. The molecule has 1 aliphatic rings. The molecule has 2 atom stereocenters. The molecule has 1 aliphatic heterocycles. The molecule has 9 heteroatoms. The molecule has 1 saturated heterocycles. The van der Waals surface area contributed by atoms with Crippen LogP contribution in [0.25, 0.3) is 0 Å². The Morgan fingerprint density at radius 2 is 1.94 bits per heavy atom. The summed E-state index contributed by atoms with van der Waals surface area (Å²) < 4.78 is 13.3. The smallest absolute Gasteiger partial charge is 0.410 e. The van der Waals surface area contributed by atoms with Crippen LogP contribution in [0.15, 0.2) is 60.9 Å². The summed E-state index contributed by atoms with van der Waals surface area (Å²) in [7, 11) is 0. The van der Waals surface area contributed by atoms with Crippen LogP contribution in [0.1, 0.15) is 24.8 Å². The van der Waals surface area contributed by atoms with Crippen LogP contribution in [0.4, 0.5) is 4.79 Å². The average Bonchev–Trinajstić information content (AvgIpc) is 3.32. The third kappa shape index (κ3) is 6.20. The highest BCUT2D eigenvalue weighted by atomic mass is 35.5. The molecule has 4 rings (SSSR count). The van der Waals surface area contributed by atoms with Gasteiger partial charge in [0.25, 0.3) is 0 Å². The minimum absolute atomic E-state index is 0.115. The van der Waals surface area contributed by atoms with Gasteiger partial charge in [-0.2, -0.15) is 0 Å². The van der Waals surface area contributed by atoms with Gasteiger partial charge in [-0.3, -0.25) is 0 Å². The second-order valence-electron chi connectivity index (χ2n) is 7.84. The molecule has 1 aromatic heterocycles. The summed E-state index contributed by atoms with van der Waals surface area (Å²) in [5.74, 6) is 0.645. The summed E-state index contributed by atoms with van der Waals surface area (Å²) in [6.07, 6.45) is 4.46. The van der Waals surface area contributed by atoms with Gasteiger partial charge in [-0.1, -0.05) is 41.9 Å². The molecule has 0 aliphatic carbocycles. The second kappa shape index (κ2) is 10.9. The Hall–Kier alpha value is -3.13. The molecular weight excluding hydrogens is 430 g/mol. The number of nitrogens with zero attached hydrogens (tertiary/aromatic N) is 5. The Bertz CT molecular complexity index is 969. The Kier molecular flexibility index (Phi) is 7.55. The molecule has 0 spiro atoms. The lowest BCUT2D eigenvalue weighted by molar-refractivity contribution is 0.0152. The fraction of sp³-hybridized carbons (Fsp3) is 0.391. The van der Waals surface area contributed by atoms with Gasteiger partial charge in [-0.15, -0.1) is 5.10 Å². The van der Waals surface area contributed by atoms with Crippen molar-refractivity contribution in [3.05, 3.63) is 71.5 Å². The van der Waals surface area contributed by atoms with E-state index in [1.54, 1.807) is 24.3 Å². The highest BCUT2D eigenvalue weighted by Gasteiger charge is 2.30. The standard InChI is InChI=1S/C23H26ClN5O3/c24-19-9-11-21(12-10-19)31-16-22(15-28-17-25-26-27-28)32-23(30)29-13-5-4-8-20(29)14-18-6-2-1-3-7-18/h1-3,6-7,9-12,17,20,22H,4-5,8,13-16H2. The third-order valence-corrected chi connectivity index (χ3v) is 5.73. The van der Waals surface area contributed by atoms with E-state index in [9.17, 15) is 4.79 Å². The topological polar surface area (TPSA) is 82.4 Å². The number of carbonyl (C=O) groups is 1. The normalized spacial score (nSPS) is 17.0. The first-order valence-corrected chi connectivity index (χ1v) is 11.2. The van der Waals surface area contributed by atoms with Crippen molar-refractivity contribution in [2.45, 2.75) is 44.4 Å². The number of tetrazole rings is 1. The Labute approximate surface area is 192 Å². The van der Waals surface area contributed by atoms with Crippen LogP contribution in [-0.4, -0.2) is 56.5 Å². The summed E-state index contributed by atoms with van der Waals surface area (Å²) in [4.78, 5) is 15.0. The molecule has 8 nitrogen and oxygen atoms in total. The molecule has 1 fully saturated rings. The number of likely N-dealkylation sites (tertiary alicyclic amines) is 1. The van der Waals surface area contributed by atoms with Crippen molar-refractivity contribution in [2.75, 3.05) is 13.2 Å². The second-order valence-corrected chi connectivity index (χ2v) is 8.27. The van der Waals surface area contributed by atoms with Crippen molar-refractivity contribution in [2.24, 2.45) is 0 Å². The van der Waals surface area contributed by atoms with Gasteiger partial charge in [0, 0.05) is 17.6 Å². The lowest BCUT2D eigenvalue weighted by atomic mass is 9.96. The van der Waals surface area contributed by atoms with Gasteiger partial charge in [-0.25, -0.2) is 9.48 Å². The SMILES string of the molecule is O=C(OC(COc1ccc(Cl)cc1)Cn1cnnn1)N1CCCCC1Cc1ccccc1. The van der Waals surface area contributed by atoms with Crippen LogP contribution >= 0.6 is 11.6 Å². The number of hydrogen-bond acceptors (Lipinski definition) is 6. The zero-order valence-electron chi connectivity index (χ0n) is 17.7. The molecule has 32 heavy (non-hydrogen) atoms. The van der Waals surface area contributed by atoms with E-state index in [2.05, 4.69) is 27.7 Å². The zero-order chi connectivity index (χ0) is 22.2. The van der Waals surface area contributed by atoms with Crippen molar-refractivity contribution in [3.8, 4) is 5.75 Å². The molecule has 0 bridgehead atoms. The number of carbonyl (C=O) groups excluding carboxylic acids is 1. The van der Waals surface area contributed by atoms with Crippen LogP contribution in [0, 0.1) is 0 Å². The number of amides is 1. The van der Waals surface area contributed by atoms with Gasteiger partial charge < -0.3 is 14.4 Å². The summed E-state index contributed by atoms with van der Waals surface area (Å²) >= 11 is 5.94. The Morgan fingerprint density at radius 3 is 2.69 bits per heavy atom. The number of rotatable bonds is 8. The van der Waals surface area contributed by atoms with E-state index in [4.69, 9.17) is 21.1 Å². The zero-order valence-corrected chi connectivity index (χ0v) is 18.5. The number of aromatic nitrogens is 4. The highest BCUT2D eigenvalue weighted by Crippen LogP contribution is 2.22. The van der Waals surface area contributed by atoms with Crippen molar-refractivity contribution < 1.29 is 14.3 Å². The molecule has 2 unspecified atom stereocenters. The fourth-order valence-electron chi connectivity index (χ4n) is 3.87. The molecule has 0 saturated carbocycles. The number of benzene rings is 2. The summed E-state index contributed by atoms with van der Waals surface area (Å²) in [6.45, 7) is 1.15. The van der Waals surface area contributed by atoms with Crippen molar-refractivity contribution in [1.82, 2.24) is 25.1 Å². The fourth-order valence-corrected chi connectivity index (χ4v) is 3.99. The van der Waals surface area contributed by atoms with Gasteiger partial charge >= 0.3 is 6.09 Å². The van der Waals surface area contributed by atoms with Gasteiger partial charge in [0.15, 0.2) is 6.10 Å². The predicted molar refractivity (Wildman–Crippen MR) is 120 cm³/mol. The minimum Gasteiger partial charge on any atom is -0.490 e. The number of hydrogen-bond donors (Lipinski definition) is 0. The van der Waals surface area contributed by atoms with Gasteiger partial charge in [-0.05, 0) is 65.9 Å². The number of ether oxygens (including phenoxy) is 2. The van der Waals surface area contributed by atoms with Gasteiger partial charge in [0.05, 0.1) is 6.54 Å². The molecule has 168 valence electrons. The third-order valence-electron chi connectivity index (χ3n) is 5.47. The maximum absolute atomic E-state index is 13.2. The van der Waals surface area contributed by atoms with Crippen LogP contribution in [-0.2, 0) is 17.7 Å². The van der Waals surface area contributed by atoms with Crippen LogP contribution in [0.2, 0.25) is 5.02 Å². The van der Waals surface area contributed by atoms with Crippen LogP contribution < -0.4 is 4.74 Å². The van der Waals surface area contributed by atoms with E-state index in [-0.39, 0.29) is 18.7 Å². The molecule has 3 aromatic rings. The minimum atomic E-state index is -0.555. The quantitative estimate of drug-likeness (QED) is 0.510. The lowest BCUT2D eigenvalue weighted by Crippen LogP contribution is -2.47. The summed E-state index contributed by atoms with van der Waals surface area (Å²) in [5.41, 5.74) is 1.22. The average molecular weight is 456 g/mol. The molecule has 0 radical (unpaired) electrons. The summed E-state index contributed by atoms with van der Waals surface area (Å²) in [6, 6.07) is 17.4. The predicted octanol–water partition coefficient (Wildman–Crippen LogP) is 4.01. The maximum Gasteiger partial charge on any atom is 0.410 e. The number of halogens is 1. The van der Waals surface area contributed by atoms with E-state index in [1.165, 1.54) is 16.6 Å². The summed E-state index contributed by atoms with van der Waals surface area (Å²) in [5, 5.41) is 11.8. The molecule has 2 aromatic carbocycles. The van der Waals surface area contributed by atoms with Crippen molar-refractivity contribution >= 4 is 17.7 Å². The van der Waals surface area contributed by atoms with Crippen molar-refractivity contribution in [3.63, 3.8) is 0 Å². The molecule has 2 heterocycles. The first-order chi connectivity index (χ1) is 15.7. The molecule has 0 N–H and O–H groups in total.